The van der Waals surface area contributed by atoms with Crippen LogP contribution < -0.4 is 5.73 Å². The molecule has 1 aliphatic rings. The van der Waals surface area contributed by atoms with Gasteiger partial charge in [-0.05, 0) is 6.42 Å². The standard InChI is InChI=1S/C9H14FN3O2/c1-15-6-4-5(6)8-7(10)9(11)13(12-8)2-3-14/h5-6,14H,2-4,11H2,1H3. The summed E-state index contributed by atoms with van der Waals surface area (Å²) in [5.41, 5.74) is 5.87. The van der Waals surface area contributed by atoms with Gasteiger partial charge < -0.3 is 15.6 Å². The molecule has 2 atom stereocenters. The van der Waals surface area contributed by atoms with Gasteiger partial charge in [0.15, 0.2) is 11.6 Å². The number of hydrogen-bond acceptors (Lipinski definition) is 4. The molecule has 0 radical (unpaired) electrons. The Morgan fingerprint density at radius 2 is 2.47 bits per heavy atom. The maximum atomic E-state index is 13.6. The number of aromatic nitrogens is 2. The Hall–Kier alpha value is -1.14. The van der Waals surface area contributed by atoms with Crippen LogP contribution in [0.5, 0.6) is 0 Å². The summed E-state index contributed by atoms with van der Waals surface area (Å²) >= 11 is 0. The number of halogens is 1. The molecule has 5 nitrogen and oxygen atoms in total. The van der Waals surface area contributed by atoms with Gasteiger partial charge in [0, 0.05) is 13.0 Å². The molecule has 0 amide bonds. The van der Waals surface area contributed by atoms with Crippen LogP contribution in [0.2, 0.25) is 0 Å². The number of anilines is 1. The molecule has 1 aromatic rings. The molecule has 1 heterocycles. The van der Waals surface area contributed by atoms with E-state index in [1.807, 2.05) is 0 Å². The molecule has 84 valence electrons. The molecule has 3 N–H and O–H groups in total. The summed E-state index contributed by atoms with van der Waals surface area (Å²) in [6, 6.07) is 0. The maximum Gasteiger partial charge on any atom is 0.188 e. The third-order valence-corrected chi connectivity index (χ3v) is 2.65. The minimum Gasteiger partial charge on any atom is -0.394 e. The van der Waals surface area contributed by atoms with Crippen LogP contribution in [-0.2, 0) is 11.3 Å². The van der Waals surface area contributed by atoms with E-state index in [2.05, 4.69) is 5.10 Å². The highest BCUT2D eigenvalue weighted by Gasteiger charge is 2.43. The van der Waals surface area contributed by atoms with E-state index >= 15 is 0 Å². The van der Waals surface area contributed by atoms with E-state index < -0.39 is 5.82 Å². The zero-order valence-electron chi connectivity index (χ0n) is 8.48. The summed E-state index contributed by atoms with van der Waals surface area (Å²) in [5.74, 6) is -0.481. The fourth-order valence-corrected chi connectivity index (χ4v) is 1.69. The number of aliphatic hydroxyl groups excluding tert-OH is 1. The second-order valence-corrected chi connectivity index (χ2v) is 3.65. The average Bonchev–Trinajstić information content (AvgIpc) is 2.96. The number of hydrogen-bond donors (Lipinski definition) is 2. The van der Waals surface area contributed by atoms with Gasteiger partial charge in [0.25, 0.3) is 0 Å². The molecule has 15 heavy (non-hydrogen) atoms. The summed E-state index contributed by atoms with van der Waals surface area (Å²) in [6.45, 7) is 0.107. The fourth-order valence-electron chi connectivity index (χ4n) is 1.69. The Bertz CT molecular complexity index is 366. The molecule has 0 spiro atoms. The number of nitrogens with two attached hydrogens (primary N) is 1. The lowest BCUT2D eigenvalue weighted by Crippen LogP contribution is -2.08. The van der Waals surface area contributed by atoms with E-state index in [4.69, 9.17) is 15.6 Å². The van der Waals surface area contributed by atoms with Gasteiger partial charge >= 0.3 is 0 Å². The number of nitrogen functional groups attached to an aromatic ring is 1. The van der Waals surface area contributed by atoms with Crippen LogP contribution in [-0.4, -0.2) is 34.7 Å². The molecule has 1 aliphatic carbocycles. The Morgan fingerprint density at radius 3 is 3.00 bits per heavy atom. The van der Waals surface area contributed by atoms with Crippen LogP contribution in [0, 0.1) is 5.82 Å². The highest BCUT2D eigenvalue weighted by atomic mass is 19.1. The van der Waals surface area contributed by atoms with Crippen molar-refractivity contribution >= 4 is 5.82 Å². The molecule has 0 saturated heterocycles. The molecule has 2 unspecified atom stereocenters. The predicted octanol–water partition coefficient (Wildman–Crippen LogP) is 0.0990. The van der Waals surface area contributed by atoms with E-state index in [0.717, 1.165) is 6.42 Å². The Labute approximate surface area is 86.6 Å². The lowest BCUT2D eigenvalue weighted by Gasteiger charge is -1.98. The van der Waals surface area contributed by atoms with Gasteiger partial charge in [-0.15, -0.1) is 0 Å². The Balaban J connectivity index is 2.22. The summed E-state index contributed by atoms with van der Waals surface area (Å²) in [6.07, 6.45) is 0.833. The first-order chi connectivity index (χ1) is 7.19. The number of nitrogens with zero attached hydrogens (tertiary/aromatic N) is 2. The van der Waals surface area contributed by atoms with Crippen LogP contribution in [0.3, 0.4) is 0 Å². The highest BCUT2D eigenvalue weighted by molar-refractivity contribution is 5.37. The third kappa shape index (κ3) is 1.70. The lowest BCUT2D eigenvalue weighted by atomic mass is 10.3. The van der Waals surface area contributed by atoms with Gasteiger partial charge in [0.2, 0.25) is 0 Å². The van der Waals surface area contributed by atoms with Gasteiger partial charge in [0.05, 0.1) is 19.3 Å². The smallest absolute Gasteiger partial charge is 0.188 e. The number of rotatable bonds is 4. The molecule has 0 aliphatic heterocycles. The van der Waals surface area contributed by atoms with Crippen LogP contribution in [0.25, 0.3) is 0 Å². The summed E-state index contributed by atoms with van der Waals surface area (Å²) in [7, 11) is 1.59. The fraction of sp³-hybridized carbons (Fsp3) is 0.667. The molecule has 1 saturated carbocycles. The maximum absolute atomic E-state index is 13.6. The van der Waals surface area contributed by atoms with Crippen LogP contribution in [0.15, 0.2) is 0 Å². The second-order valence-electron chi connectivity index (χ2n) is 3.65. The van der Waals surface area contributed by atoms with Crippen LogP contribution in [0.4, 0.5) is 10.2 Å². The Morgan fingerprint density at radius 1 is 1.73 bits per heavy atom. The van der Waals surface area contributed by atoms with Gasteiger partial charge in [-0.1, -0.05) is 0 Å². The molecule has 0 aromatic carbocycles. The van der Waals surface area contributed by atoms with Gasteiger partial charge in [0.1, 0.15) is 5.69 Å². The van der Waals surface area contributed by atoms with E-state index in [1.165, 1.54) is 4.68 Å². The minimum atomic E-state index is -0.479. The van der Waals surface area contributed by atoms with Gasteiger partial charge in [-0.3, -0.25) is 0 Å². The summed E-state index contributed by atoms with van der Waals surface area (Å²) in [5, 5.41) is 12.8. The van der Waals surface area contributed by atoms with Crippen molar-refractivity contribution in [3.05, 3.63) is 11.5 Å². The first kappa shape index (κ1) is 10.4. The second kappa shape index (κ2) is 3.79. The van der Waals surface area contributed by atoms with E-state index in [-0.39, 0.29) is 31.0 Å². The quantitative estimate of drug-likeness (QED) is 0.747. The van der Waals surface area contributed by atoms with Crippen molar-refractivity contribution in [1.29, 1.82) is 0 Å². The molecular weight excluding hydrogens is 201 g/mol. The highest BCUT2D eigenvalue weighted by Crippen LogP contribution is 2.44. The van der Waals surface area contributed by atoms with Crippen molar-refractivity contribution in [2.24, 2.45) is 0 Å². The number of ether oxygens (including phenoxy) is 1. The summed E-state index contributed by atoms with van der Waals surface area (Å²) in [4.78, 5) is 0. The van der Waals surface area contributed by atoms with Gasteiger partial charge in [-0.2, -0.15) is 5.10 Å². The zero-order valence-corrected chi connectivity index (χ0v) is 8.48. The predicted molar refractivity (Wildman–Crippen MR) is 51.8 cm³/mol. The van der Waals surface area contributed by atoms with Crippen molar-refractivity contribution in [3.8, 4) is 0 Å². The van der Waals surface area contributed by atoms with E-state index in [1.54, 1.807) is 7.11 Å². The average molecular weight is 215 g/mol. The normalized spacial score (nSPS) is 24.5. The summed E-state index contributed by atoms with van der Waals surface area (Å²) < 4.78 is 20.0. The topological polar surface area (TPSA) is 73.3 Å². The lowest BCUT2D eigenvalue weighted by molar-refractivity contribution is 0.177. The van der Waals surface area contributed by atoms with E-state index in [0.29, 0.717) is 5.69 Å². The van der Waals surface area contributed by atoms with Crippen molar-refractivity contribution in [3.63, 3.8) is 0 Å². The first-order valence-electron chi connectivity index (χ1n) is 4.84. The molecule has 6 heteroatoms. The monoisotopic (exact) mass is 215 g/mol. The number of methoxy groups -OCH3 is 1. The number of aliphatic hydroxyl groups is 1. The largest absolute Gasteiger partial charge is 0.394 e. The zero-order chi connectivity index (χ0) is 11.0. The van der Waals surface area contributed by atoms with Crippen molar-refractivity contribution < 1.29 is 14.2 Å². The first-order valence-corrected chi connectivity index (χ1v) is 4.84. The van der Waals surface area contributed by atoms with Crippen molar-refractivity contribution in [2.45, 2.75) is 25.0 Å². The van der Waals surface area contributed by atoms with Gasteiger partial charge in [-0.25, -0.2) is 9.07 Å². The molecule has 1 fully saturated rings. The third-order valence-electron chi connectivity index (χ3n) is 2.65. The minimum absolute atomic E-state index is 0.0113. The molecule has 2 rings (SSSR count). The van der Waals surface area contributed by atoms with Crippen LogP contribution in [0.1, 0.15) is 18.0 Å². The molecule has 0 bridgehead atoms. The molecule has 1 aromatic heterocycles. The van der Waals surface area contributed by atoms with E-state index in [9.17, 15) is 4.39 Å². The van der Waals surface area contributed by atoms with Crippen molar-refractivity contribution in [1.82, 2.24) is 9.78 Å². The van der Waals surface area contributed by atoms with Crippen LogP contribution >= 0.6 is 0 Å². The van der Waals surface area contributed by atoms with Crippen molar-refractivity contribution in [2.75, 3.05) is 19.5 Å². The SMILES string of the molecule is COC1CC1c1nn(CCO)c(N)c1F. The Kier molecular flexibility index (Phi) is 2.62. The molecular formula is C9H14FN3O2.